The fraction of sp³-hybridized carbons (Fsp3) is 0.294. The Kier molecular flexibility index (Phi) is 5.78. The van der Waals surface area contributed by atoms with Crippen molar-refractivity contribution in [3.63, 3.8) is 0 Å². The number of hydrogen-bond donors (Lipinski definition) is 3. The van der Waals surface area contributed by atoms with Crippen LogP contribution in [0.5, 0.6) is 5.75 Å². The Hall–Kier alpha value is -2.78. The highest BCUT2D eigenvalue weighted by Crippen LogP contribution is 2.28. The van der Waals surface area contributed by atoms with Crippen LogP contribution < -0.4 is 10.6 Å². The smallest absolute Gasteiger partial charge is 0.151 e. The van der Waals surface area contributed by atoms with E-state index in [1.807, 2.05) is 13.0 Å². The predicted octanol–water partition coefficient (Wildman–Crippen LogP) is 3.16. The van der Waals surface area contributed by atoms with Crippen LogP contribution in [0.4, 0.5) is 17.3 Å². The number of phenolic OH excluding ortho intramolecular Hbond substituents is 1. The number of rotatable bonds is 7. The quantitative estimate of drug-likeness (QED) is 0.537. The summed E-state index contributed by atoms with van der Waals surface area (Å²) in [5.74, 6) is 1.20. The molecule has 6 heteroatoms. The highest BCUT2D eigenvalue weighted by atomic mass is 16.5. The molecule has 0 aliphatic heterocycles. The van der Waals surface area contributed by atoms with Gasteiger partial charge in [0, 0.05) is 20.3 Å². The number of aromatic nitrogens is 1. The van der Waals surface area contributed by atoms with E-state index in [0.29, 0.717) is 29.5 Å². The zero-order valence-corrected chi connectivity index (χ0v) is 13.3. The first-order valence-corrected chi connectivity index (χ1v) is 7.35. The Morgan fingerprint density at radius 2 is 2.13 bits per heavy atom. The molecule has 0 bridgehead atoms. The Bertz CT molecular complexity index is 710. The summed E-state index contributed by atoms with van der Waals surface area (Å²) in [6.45, 7) is 3.25. The lowest BCUT2D eigenvalue weighted by Gasteiger charge is -2.13. The highest BCUT2D eigenvalue weighted by molar-refractivity contribution is 5.70. The first-order chi connectivity index (χ1) is 11.2. The highest BCUT2D eigenvalue weighted by Gasteiger charge is 2.11. The minimum absolute atomic E-state index is 0.106. The molecule has 6 nitrogen and oxygen atoms in total. The van der Waals surface area contributed by atoms with Crippen molar-refractivity contribution in [1.29, 1.82) is 5.26 Å². The van der Waals surface area contributed by atoms with Crippen LogP contribution in [0.25, 0.3) is 0 Å². The molecule has 0 saturated heterocycles. The summed E-state index contributed by atoms with van der Waals surface area (Å²) >= 11 is 0. The van der Waals surface area contributed by atoms with Crippen LogP contribution in [0.15, 0.2) is 30.3 Å². The lowest BCUT2D eigenvalue weighted by Crippen LogP contribution is -2.08. The normalized spacial score (nSPS) is 10.1. The molecule has 0 amide bonds. The first kappa shape index (κ1) is 16.6. The van der Waals surface area contributed by atoms with E-state index in [9.17, 15) is 10.4 Å². The van der Waals surface area contributed by atoms with E-state index in [2.05, 4.69) is 21.7 Å². The van der Waals surface area contributed by atoms with Gasteiger partial charge >= 0.3 is 0 Å². The molecule has 0 atom stereocenters. The Morgan fingerprint density at radius 3 is 2.83 bits per heavy atom. The summed E-state index contributed by atoms with van der Waals surface area (Å²) in [6.07, 6.45) is 0.861. The maximum absolute atomic E-state index is 9.87. The lowest BCUT2D eigenvalue weighted by molar-refractivity contribution is 0.198. The van der Waals surface area contributed by atoms with Crippen molar-refractivity contribution in [2.24, 2.45) is 0 Å². The Morgan fingerprint density at radius 1 is 1.35 bits per heavy atom. The molecule has 0 aliphatic rings. The van der Waals surface area contributed by atoms with Crippen molar-refractivity contribution in [2.75, 3.05) is 30.9 Å². The van der Waals surface area contributed by atoms with Gasteiger partial charge in [-0.1, -0.05) is 12.1 Å². The van der Waals surface area contributed by atoms with Crippen LogP contribution in [-0.4, -0.2) is 30.4 Å². The van der Waals surface area contributed by atoms with E-state index < -0.39 is 0 Å². The van der Waals surface area contributed by atoms with Crippen molar-refractivity contribution in [3.8, 4) is 11.8 Å². The van der Waals surface area contributed by atoms with Crippen LogP contribution in [0.3, 0.4) is 0 Å². The molecule has 0 aliphatic carbocycles. The number of nitriles is 1. The zero-order chi connectivity index (χ0) is 16.7. The fourth-order valence-electron chi connectivity index (χ4n) is 2.13. The minimum Gasteiger partial charge on any atom is -0.506 e. The number of aromatic hydroxyl groups is 1. The summed E-state index contributed by atoms with van der Waals surface area (Å²) in [5.41, 5.74) is 1.78. The van der Waals surface area contributed by atoms with E-state index in [1.165, 1.54) is 0 Å². The fourth-order valence-corrected chi connectivity index (χ4v) is 2.13. The van der Waals surface area contributed by atoms with E-state index >= 15 is 0 Å². The topological polar surface area (TPSA) is 90.2 Å². The summed E-state index contributed by atoms with van der Waals surface area (Å²) in [6, 6.07) is 10.8. The standard InChI is InChI=1S/C17H20N4O2/c1-12-10-16(19-8-5-9-23-2)21-17(13(12)11-18)20-14-6-3-4-7-15(14)22/h3-4,6-7,10,22H,5,8-9H2,1-2H3,(H2,19,20,21). The van der Waals surface area contributed by atoms with E-state index in [-0.39, 0.29) is 5.75 Å². The zero-order valence-electron chi connectivity index (χ0n) is 13.3. The van der Waals surface area contributed by atoms with Crippen LogP contribution >= 0.6 is 0 Å². The number of benzene rings is 1. The van der Waals surface area contributed by atoms with Gasteiger partial charge in [0.1, 0.15) is 17.6 Å². The molecule has 1 aromatic carbocycles. The van der Waals surface area contributed by atoms with Crippen molar-refractivity contribution in [2.45, 2.75) is 13.3 Å². The number of aryl methyl sites for hydroxylation is 1. The lowest BCUT2D eigenvalue weighted by atomic mass is 10.1. The molecule has 2 rings (SSSR count). The summed E-state index contributed by atoms with van der Waals surface area (Å²) in [4.78, 5) is 4.44. The van der Waals surface area contributed by atoms with Gasteiger partial charge in [0.25, 0.3) is 0 Å². The molecule has 3 N–H and O–H groups in total. The third-order valence-corrected chi connectivity index (χ3v) is 3.32. The number of nitrogens with zero attached hydrogens (tertiary/aromatic N) is 2. The summed E-state index contributed by atoms with van der Waals surface area (Å²) < 4.78 is 5.01. The van der Waals surface area contributed by atoms with E-state index in [1.54, 1.807) is 31.4 Å². The van der Waals surface area contributed by atoms with Gasteiger partial charge in [0.05, 0.1) is 11.3 Å². The summed E-state index contributed by atoms with van der Waals surface area (Å²) in [7, 11) is 1.67. The number of anilines is 3. The molecule has 120 valence electrons. The number of ether oxygens (including phenoxy) is 1. The van der Waals surface area contributed by atoms with E-state index in [0.717, 1.165) is 18.5 Å². The third kappa shape index (κ3) is 4.34. The number of nitrogens with one attached hydrogen (secondary N) is 2. The predicted molar refractivity (Wildman–Crippen MR) is 90.1 cm³/mol. The molecule has 0 unspecified atom stereocenters. The average molecular weight is 312 g/mol. The van der Waals surface area contributed by atoms with Crippen molar-refractivity contribution in [3.05, 3.63) is 41.5 Å². The third-order valence-electron chi connectivity index (χ3n) is 3.32. The van der Waals surface area contributed by atoms with Gasteiger partial charge in [0.2, 0.25) is 0 Å². The van der Waals surface area contributed by atoms with Gasteiger partial charge in [0.15, 0.2) is 5.82 Å². The second kappa shape index (κ2) is 8.01. The monoisotopic (exact) mass is 312 g/mol. The average Bonchev–Trinajstić information content (AvgIpc) is 2.54. The van der Waals surface area contributed by atoms with Gasteiger partial charge in [-0.3, -0.25) is 0 Å². The molecule has 2 aromatic rings. The molecule has 23 heavy (non-hydrogen) atoms. The molecular formula is C17H20N4O2. The molecule has 1 aromatic heterocycles. The van der Waals surface area contributed by atoms with Crippen LogP contribution in [0.1, 0.15) is 17.5 Å². The molecule has 0 spiro atoms. The number of pyridine rings is 1. The maximum Gasteiger partial charge on any atom is 0.151 e. The van der Waals surface area contributed by atoms with Gasteiger partial charge < -0.3 is 20.5 Å². The molecule has 1 heterocycles. The Balaban J connectivity index is 2.24. The number of para-hydroxylation sites is 2. The molecule has 0 radical (unpaired) electrons. The first-order valence-electron chi connectivity index (χ1n) is 7.35. The largest absolute Gasteiger partial charge is 0.506 e. The second-order valence-corrected chi connectivity index (χ2v) is 5.08. The van der Waals surface area contributed by atoms with Gasteiger partial charge in [-0.25, -0.2) is 4.98 Å². The van der Waals surface area contributed by atoms with Crippen LogP contribution in [-0.2, 0) is 4.74 Å². The maximum atomic E-state index is 9.87. The number of methoxy groups -OCH3 is 1. The van der Waals surface area contributed by atoms with Crippen molar-refractivity contribution < 1.29 is 9.84 Å². The SMILES string of the molecule is COCCCNc1cc(C)c(C#N)c(Nc2ccccc2O)n1. The number of hydrogen-bond acceptors (Lipinski definition) is 6. The van der Waals surface area contributed by atoms with Gasteiger partial charge in [-0.05, 0) is 37.1 Å². The van der Waals surface area contributed by atoms with Crippen molar-refractivity contribution >= 4 is 17.3 Å². The van der Waals surface area contributed by atoms with Gasteiger partial charge in [-0.15, -0.1) is 0 Å². The minimum atomic E-state index is 0.106. The summed E-state index contributed by atoms with van der Waals surface area (Å²) in [5, 5.41) is 25.5. The van der Waals surface area contributed by atoms with E-state index in [4.69, 9.17) is 4.74 Å². The second-order valence-electron chi connectivity index (χ2n) is 5.08. The Labute approximate surface area is 135 Å². The molecular weight excluding hydrogens is 292 g/mol. The van der Waals surface area contributed by atoms with Crippen molar-refractivity contribution in [1.82, 2.24) is 4.98 Å². The molecule has 0 fully saturated rings. The van der Waals surface area contributed by atoms with Crippen LogP contribution in [0.2, 0.25) is 0 Å². The van der Waals surface area contributed by atoms with Crippen LogP contribution in [0, 0.1) is 18.3 Å². The van der Waals surface area contributed by atoms with Gasteiger partial charge in [-0.2, -0.15) is 5.26 Å². The number of phenols is 1. The molecule has 0 saturated carbocycles.